The van der Waals surface area contributed by atoms with Gasteiger partial charge in [0.2, 0.25) is 15.9 Å². The number of carbonyl (C=O) groups is 1. The standard InChI is InChI=1S/C14H23N3O3S/c1-4-14(5-2,9-15)13(18)17-12-8-11(21(16,19)20)7-6-10(12)3/h6-8H,4-5,9,15H2,1-3H3,(H,17,18)(H2,16,19,20). The Labute approximate surface area is 126 Å². The number of aryl methyl sites for hydroxylation is 1. The van der Waals surface area contributed by atoms with Gasteiger partial charge in [0.05, 0.1) is 10.3 Å². The summed E-state index contributed by atoms with van der Waals surface area (Å²) < 4.78 is 22.8. The smallest absolute Gasteiger partial charge is 0.238 e. The molecule has 1 aromatic carbocycles. The highest BCUT2D eigenvalue weighted by Crippen LogP contribution is 2.28. The summed E-state index contributed by atoms with van der Waals surface area (Å²) >= 11 is 0. The number of hydrogen-bond donors (Lipinski definition) is 3. The quantitative estimate of drug-likeness (QED) is 0.735. The van der Waals surface area contributed by atoms with Gasteiger partial charge in [-0.1, -0.05) is 19.9 Å². The minimum atomic E-state index is -3.81. The van der Waals surface area contributed by atoms with E-state index in [0.29, 0.717) is 18.5 Å². The Morgan fingerprint density at radius 1 is 1.29 bits per heavy atom. The van der Waals surface area contributed by atoms with Gasteiger partial charge < -0.3 is 11.1 Å². The molecule has 0 aliphatic heterocycles. The molecule has 0 fully saturated rings. The van der Waals surface area contributed by atoms with Gasteiger partial charge in [-0.25, -0.2) is 13.6 Å². The number of anilines is 1. The van der Waals surface area contributed by atoms with Crippen LogP contribution >= 0.6 is 0 Å². The zero-order valence-corrected chi connectivity index (χ0v) is 13.5. The number of benzene rings is 1. The number of primary sulfonamides is 1. The van der Waals surface area contributed by atoms with E-state index in [-0.39, 0.29) is 17.3 Å². The molecule has 0 unspecified atom stereocenters. The highest BCUT2D eigenvalue weighted by atomic mass is 32.2. The second-order valence-corrected chi connectivity index (χ2v) is 6.73. The topological polar surface area (TPSA) is 115 Å². The molecule has 0 radical (unpaired) electrons. The van der Waals surface area contributed by atoms with Crippen molar-refractivity contribution in [2.75, 3.05) is 11.9 Å². The van der Waals surface area contributed by atoms with Crippen LogP contribution in [-0.2, 0) is 14.8 Å². The molecule has 21 heavy (non-hydrogen) atoms. The zero-order chi connectivity index (χ0) is 16.3. The lowest BCUT2D eigenvalue weighted by molar-refractivity contribution is -0.125. The van der Waals surface area contributed by atoms with Crippen LogP contribution in [0, 0.1) is 12.3 Å². The molecule has 0 aliphatic rings. The minimum absolute atomic E-state index is 0.0326. The zero-order valence-electron chi connectivity index (χ0n) is 12.6. The van der Waals surface area contributed by atoms with Crippen LogP contribution in [0.25, 0.3) is 0 Å². The SMILES string of the molecule is CCC(CC)(CN)C(=O)Nc1cc(S(N)(=O)=O)ccc1C. The van der Waals surface area contributed by atoms with E-state index in [1.54, 1.807) is 13.0 Å². The Hall–Kier alpha value is -1.44. The fourth-order valence-corrected chi connectivity index (χ4v) is 2.66. The Morgan fingerprint density at radius 3 is 2.29 bits per heavy atom. The number of carbonyl (C=O) groups excluding carboxylic acids is 1. The van der Waals surface area contributed by atoms with Crippen LogP contribution in [0.15, 0.2) is 23.1 Å². The van der Waals surface area contributed by atoms with Gasteiger partial charge in [0.25, 0.3) is 0 Å². The third kappa shape index (κ3) is 3.81. The van der Waals surface area contributed by atoms with Crippen molar-refractivity contribution in [2.24, 2.45) is 16.3 Å². The summed E-state index contributed by atoms with van der Waals surface area (Å²) in [6, 6.07) is 4.39. The summed E-state index contributed by atoms with van der Waals surface area (Å²) in [4.78, 5) is 12.4. The Morgan fingerprint density at radius 2 is 1.86 bits per heavy atom. The summed E-state index contributed by atoms with van der Waals surface area (Å²) in [6.45, 7) is 5.83. The van der Waals surface area contributed by atoms with Gasteiger partial charge in [-0.05, 0) is 37.5 Å². The summed E-state index contributed by atoms with van der Waals surface area (Å²) in [7, 11) is -3.81. The van der Waals surface area contributed by atoms with Gasteiger partial charge in [-0.3, -0.25) is 4.79 Å². The van der Waals surface area contributed by atoms with Crippen LogP contribution in [0.1, 0.15) is 32.3 Å². The van der Waals surface area contributed by atoms with Crippen molar-refractivity contribution in [1.29, 1.82) is 0 Å². The first-order valence-corrected chi connectivity index (χ1v) is 8.39. The molecule has 0 atom stereocenters. The highest BCUT2D eigenvalue weighted by molar-refractivity contribution is 7.89. The molecule has 1 aromatic rings. The van der Waals surface area contributed by atoms with Crippen molar-refractivity contribution >= 4 is 21.6 Å². The first-order chi connectivity index (χ1) is 9.70. The molecule has 0 spiro atoms. The van der Waals surface area contributed by atoms with Gasteiger partial charge in [-0.15, -0.1) is 0 Å². The van der Waals surface area contributed by atoms with E-state index in [1.165, 1.54) is 12.1 Å². The number of nitrogens with two attached hydrogens (primary N) is 2. The van der Waals surface area contributed by atoms with E-state index >= 15 is 0 Å². The maximum Gasteiger partial charge on any atom is 0.238 e. The van der Waals surface area contributed by atoms with E-state index in [9.17, 15) is 13.2 Å². The monoisotopic (exact) mass is 313 g/mol. The third-order valence-electron chi connectivity index (χ3n) is 4.01. The molecular weight excluding hydrogens is 290 g/mol. The van der Waals surface area contributed by atoms with Gasteiger partial charge in [-0.2, -0.15) is 0 Å². The van der Waals surface area contributed by atoms with Gasteiger partial charge in [0.1, 0.15) is 0 Å². The van der Waals surface area contributed by atoms with Crippen molar-refractivity contribution in [3.63, 3.8) is 0 Å². The van der Waals surface area contributed by atoms with Crippen LogP contribution < -0.4 is 16.2 Å². The molecule has 5 N–H and O–H groups in total. The second-order valence-electron chi connectivity index (χ2n) is 5.17. The molecular formula is C14H23N3O3S. The average Bonchev–Trinajstić information content (AvgIpc) is 2.42. The van der Waals surface area contributed by atoms with Crippen LogP contribution in [0.5, 0.6) is 0 Å². The number of nitrogens with one attached hydrogen (secondary N) is 1. The second kappa shape index (κ2) is 6.55. The van der Waals surface area contributed by atoms with Crippen LogP contribution in [-0.4, -0.2) is 20.9 Å². The molecule has 6 nitrogen and oxygen atoms in total. The Bertz CT molecular complexity index is 614. The van der Waals surface area contributed by atoms with Crippen LogP contribution in [0.2, 0.25) is 0 Å². The van der Waals surface area contributed by atoms with E-state index in [2.05, 4.69) is 5.32 Å². The van der Waals surface area contributed by atoms with Crippen LogP contribution in [0.4, 0.5) is 5.69 Å². The first kappa shape index (κ1) is 17.6. The van der Waals surface area contributed by atoms with Gasteiger partial charge >= 0.3 is 0 Å². The molecule has 0 aliphatic carbocycles. The molecule has 0 saturated heterocycles. The highest BCUT2D eigenvalue weighted by Gasteiger charge is 2.33. The van der Waals surface area contributed by atoms with E-state index in [4.69, 9.17) is 10.9 Å². The van der Waals surface area contributed by atoms with Crippen molar-refractivity contribution in [2.45, 2.75) is 38.5 Å². The summed E-state index contributed by atoms with van der Waals surface area (Å²) in [6.07, 6.45) is 1.22. The first-order valence-electron chi connectivity index (χ1n) is 6.85. The molecule has 0 bridgehead atoms. The summed E-state index contributed by atoms with van der Waals surface area (Å²) in [5.74, 6) is -0.204. The number of sulfonamides is 1. The minimum Gasteiger partial charge on any atom is -0.329 e. The fraction of sp³-hybridized carbons (Fsp3) is 0.500. The molecule has 1 amide bonds. The lowest BCUT2D eigenvalue weighted by Crippen LogP contribution is -2.41. The summed E-state index contributed by atoms with van der Waals surface area (Å²) in [5, 5.41) is 7.89. The predicted octanol–water partition coefficient (Wildman–Crippen LogP) is 1.35. The van der Waals surface area contributed by atoms with Gasteiger partial charge in [0, 0.05) is 12.2 Å². The number of amides is 1. The lowest BCUT2D eigenvalue weighted by atomic mass is 9.81. The van der Waals surface area contributed by atoms with Crippen molar-refractivity contribution in [3.05, 3.63) is 23.8 Å². The maximum atomic E-state index is 12.5. The van der Waals surface area contributed by atoms with Crippen LogP contribution in [0.3, 0.4) is 0 Å². The molecule has 7 heteroatoms. The number of hydrogen-bond acceptors (Lipinski definition) is 4. The van der Waals surface area contributed by atoms with E-state index in [1.807, 2.05) is 13.8 Å². The maximum absolute atomic E-state index is 12.5. The molecule has 0 aromatic heterocycles. The molecule has 0 heterocycles. The van der Waals surface area contributed by atoms with Gasteiger partial charge in [0.15, 0.2) is 0 Å². The Kier molecular flexibility index (Phi) is 5.49. The lowest BCUT2D eigenvalue weighted by Gasteiger charge is -2.29. The largest absolute Gasteiger partial charge is 0.329 e. The molecule has 0 saturated carbocycles. The Balaban J connectivity index is 3.16. The van der Waals surface area contributed by atoms with E-state index < -0.39 is 15.4 Å². The van der Waals surface area contributed by atoms with Crippen molar-refractivity contribution in [1.82, 2.24) is 0 Å². The number of rotatable bonds is 6. The van der Waals surface area contributed by atoms with Crippen molar-refractivity contribution in [3.8, 4) is 0 Å². The normalized spacial score (nSPS) is 12.2. The fourth-order valence-electron chi connectivity index (χ4n) is 2.12. The van der Waals surface area contributed by atoms with E-state index in [0.717, 1.165) is 5.56 Å². The average molecular weight is 313 g/mol. The molecule has 1 rings (SSSR count). The summed E-state index contributed by atoms with van der Waals surface area (Å²) in [5.41, 5.74) is 6.29. The predicted molar refractivity (Wildman–Crippen MR) is 83.3 cm³/mol. The van der Waals surface area contributed by atoms with Crippen molar-refractivity contribution < 1.29 is 13.2 Å². The molecule has 118 valence electrons. The third-order valence-corrected chi connectivity index (χ3v) is 4.92.